The predicted octanol–water partition coefficient (Wildman–Crippen LogP) is 6.50. The molecule has 2 aromatic rings. The summed E-state index contributed by atoms with van der Waals surface area (Å²) in [5.41, 5.74) is 8.32. The van der Waals surface area contributed by atoms with Crippen LogP contribution in [0.2, 0.25) is 0 Å². The Morgan fingerprint density at radius 2 is 1.48 bits per heavy atom. The van der Waals surface area contributed by atoms with E-state index in [1.54, 1.807) is 7.11 Å². The summed E-state index contributed by atoms with van der Waals surface area (Å²) in [6, 6.07) is 13.4. The smallest absolute Gasteiger partial charge is 0.0715 e. The van der Waals surface area contributed by atoms with Crippen molar-refractivity contribution in [3.05, 3.63) is 58.7 Å². The molecule has 1 aliphatic rings. The summed E-state index contributed by atoms with van der Waals surface area (Å²) in [5.74, 6) is 0. The van der Waals surface area contributed by atoms with Crippen LogP contribution in [-0.4, -0.2) is 7.11 Å². The van der Waals surface area contributed by atoms with E-state index in [-0.39, 0.29) is 5.41 Å². The van der Waals surface area contributed by atoms with Gasteiger partial charge in [0.1, 0.15) is 0 Å². The van der Waals surface area contributed by atoms with Gasteiger partial charge in [0.05, 0.1) is 6.61 Å². The molecule has 0 saturated heterocycles. The van der Waals surface area contributed by atoms with Gasteiger partial charge >= 0.3 is 0 Å². The minimum Gasteiger partial charge on any atom is -0.380 e. The summed E-state index contributed by atoms with van der Waals surface area (Å²) in [5, 5.41) is 0. The van der Waals surface area contributed by atoms with Crippen LogP contribution in [0.1, 0.15) is 63.8 Å². The Bertz CT molecular complexity index is 638. The van der Waals surface area contributed by atoms with E-state index >= 15 is 0 Å². The topological polar surface area (TPSA) is 9.23 Å². The summed E-state index contributed by atoms with van der Waals surface area (Å²) in [6.07, 6.45) is 0. The zero-order valence-corrected chi connectivity index (χ0v) is 16.1. The number of hydrogen-bond acceptors (Lipinski definition) is 1. The lowest BCUT2D eigenvalue weighted by Crippen LogP contribution is -2.15. The third-order valence-corrected chi connectivity index (χ3v) is 4.34. The third kappa shape index (κ3) is 3.50. The van der Waals surface area contributed by atoms with E-state index < -0.39 is 0 Å². The molecule has 0 aliphatic heterocycles. The van der Waals surface area contributed by atoms with Crippen molar-refractivity contribution in [1.82, 2.24) is 0 Å². The average molecular weight is 312 g/mol. The number of hydrogen-bond donors (Lipinski definition) is 0. The molecule has 2 aromatic carbocycles. The number of benzene rings is 2. The van der Waals surface area contributed by atoms with Gasteiger partial charge in [0, 0.05) is 12.5 Å². The van der Waals surface area contributed by atoms with E-state index in [4.69, 9.17) is 4.74 Å². The zero-order chi connectivity index (χ0) is 17.6. The lowest BCUT2D eigenvalue weighted by molar-refractivity contribution is 0.184. The molecule has 126 valence electrons. The molecule has 0 aromatic heterocycles. The van der Waals surface area contributed by atoms with Crippen molar-refractivity contribution in [2.24, 2.45) is 0 Å². The van der Waals surface area contributed by atoms with E-state index in [9.17, 15) is 0 Å². The Balaban J connectivity index is 0.000000615. The Labute approximate surface area is 142 Å². The second kappa shape index (κ2) is 8.31. The Hall–Kier alpha value is -1.60. The van der Waals surface area contributed by atoms with E-state index in [1.807, 2.05) is 27.7 Å². The van der Waals surface area contributed by atoms with Crippen molar-refractivity contribution >= 4 is 0 Å². The molecule has 0 fully saturated rings. The summed E-state index contributed by atoms with van der Waals surface area (Å²) >= 11 is 0. The van der Waals surface area contributed by atoms with Gasteiger partial charge in [-0.1, -0.05) is 77.9 Å². The van der Waals surface area contributed by atoms with Crippen LogP contribution in [-0.2, 0) is 16.8 Å². The maximum absolute atomic E-state index is 5.31. The molecule has 1 nitrogen and oxygen atoms in total. The first kappa shape index (κ1) is 19.4. The van der Waals surface area contributed by atoms with Crippen LogP contribution in [0.15, 0.2) is 36.4 Å². The molecule has 0 radical (unpaired) electrons. The minimum atomic E-state index is 0.0854. The second-order valence-corrected chi connectivity index (χ2v) is 5.93. The van der Waals surface area contributed by atoms with Gasteiger partial charge in [0.15, 0.2) is 0 Å². The van der Waals surface area contributed by atoms with Crippen LogP contribution < -0.4 is 0 Å². The van der Waals surface area contributed by atoms with Crippen LogP contribution in [0.4, 0.5) is 0 Å². The molecular weight excluding hydrogens is 280 g/mol. The van der Waals surface area contributed by atoms with Gasteiger partial charge in [-0.3, -0.25) is 0 Å². The molecule has 0 spiro atoms. The first-order valence-corrected chi connectivity index (χ1v) is 8.78. The molecule has 0 heterocycles. The number of ether oxygens (including phenoxy) is 1. The third-order valence-electron chi connectivity index (χ3n) is 4.34. The van der Waals surface area contributed by atoms with Gasteiger partial charge in [0.2, 0.25) is 0 Å². The average Bonchev–Trinajstić information content (AvgIpc) is 2.80. The molecule has 23 heavy (non-hydrogen) atoms. The van der Waals surface area contributed by atoms with Crippen molar-refractivity contribution in [3.8, 4) is 11.1 Å². The van der Waals surface area contributed by atoms with Gasteiger partial charge < -0.3 is 4.74 Å². The highest BCUT2D eigenvalue weighted by Gasteiger charge is 2.35. The first-order valence-electron chi connectivity index (χ1n) is 8.78. The first-order chi connectivity index (χ1) is 11.1. The van der Waals surface area contributed by atoms with E-state index in [2.05, 4.69) is 57.2 Å². The highest BCUT2D eigenvalue weighted by atomic mass is 16.5. The summed E-state index contributed by atoms with van der Waals surface area (Å²) in [7, 11) is 1.76. The fourth-order valence-corrected chi connectivity index (χ4v) is 3.21. The molecule has 0 atom stereocenters. The predicted molar refractivity (Wildman–Crippen MR) is 102 cm³/mol. The second-order valence-electron chi connectivity index (χ2n) is 5.93. The summed E-state index contributed by atoms with van der Waals surface area (Å²) in [6.45, 7) is 15.5. The number of fused-ring (bicyclic) bond motifs is 3. The molecule has 0 saturated carbocycles. The molecule has 3 rings (SSSR count). The quantitative estimate of drug-likeness (QED) is 0.615. The van der Waals surface area contributed by atoms with Crippen LogP contribution in [0.3, 0.4) is 0 Å². The van der Waals surface area contributed by atoms with E-state index in [0.717, 1.165) is 0 Å². The van der Waals surface area contributed by atoms with Crippen molar-refractivity contribution < 1.29 is 4.74 Å². The Morgan fingerprint density at radius 3 is 2.09 bits per heavy atom. The van der Waals surface area contributed by atoms with E-state index in [0.29, 0.717) is 6.61 Å². The van der Waals surface area contributed by atoms with Crippen LogP contribution in [0.5, 0.6) is 0 Å². The highest BCUT2D eigenvalue weighted by Crippen LogP contribution is 2.49. The maximum atomic E-state index is 5.31. The number of methoxy groups -OCH3 is 1. The maximum Gasteiger partial charge on any atom is 0.0715 e. The lowest BCUT2D eigenvalue weighted by Gasteiger charge is -2.22. The van der Waals surface area contributed by atoms with Crippen molar-refractivity contribution in [2.75, 3.05) is 7.11 Å². The lowest BCUT2D eigenvalue weighted by atomic mass is 9.81. The molecule has 1 aliphatic carbocycles. The molecule has 0 amide bonds. The number of rotatable bonds is 2. The Kier molecular flexibility index (Phi) is 7.02. The van der Waals surface area contributed by atoms with Crippen LogP contribution in [0.25, 0.3) is 11.1 Å². The van der Waals surface area contributed by atoms with Crippen LogP contribution in [0, 0.1) is 6.92 Å². The molecular formula is C22H32O. The standard InChI is InChI=1S/C18H20O.2C2H6/c1-12-9-15-14-7-5-6-8-16(14)18(2,3)17(15)10-13(12)11-19-4;2*1-2/h5-10H,11H2,1-4H3;2*1-2H3. The van der Waals surface area contributed by atoms with Crippen molar-refractivity contribution in [2.45, 2.75) is 60.5 Å². The van der Waals surface area contributed by atoms with Gasteiger partial charge in [-0.05, 0) is 40.3 Å². The fourth-order valence-electron chi connectivity index (χ4n) is 3.21. The van der Waals surface area contributed by atoms with Crippen LogP contribution >= 0.6 is 0 Å². The van der Waals surface area contributed by atoms with Gasteiger partial charge in [-0.2, -0.15) is 0 Å². The largest absolute Gasteiger partial charge is 0.380 e. The Morgan fingerprint density at radius 1 is 0.870 bits per heavy atom. The monoisotopic (exact) mass is 312 g/mol. The van der Waals surface area contributed by atoms with Crippen molar-refractivity contribution in [3.63, 3.8) is 0 Å². The molecule has 1 heteroatoms. The molecule has 0 bridgehead atoms. The SMILES string of the molecule is CC.CC.COCc1cc2c(cc1C)-c1ccccc1C2(C)C. The van der Waals surface area contributed by atoms with Crippen molar-refractivity contribution in [1.29, 1.82) is 0 Å². The van der Waals surface area contributed by atoms with Gasteiger partial charge in [-0.15, -0.1) is 0 Å². The molecule has 0 unspecified atom stereocenters. The van der Waals surface area contributed by atoms with E-state index in [1.165, 1.54) is 33.4 Å². The summed E-state index contributed by atoms with van der Waals surface area (Å²) in [4.78, 5) is 0. The molecule has 0 N–H and O–H groups in total. The summed E-state index contributed by atoms with van der Waals surface area (Å²) < 4.78 is 5.31. The fraction of sp³-hybridized carbons (Fsp3) is 0.455. The van der Waals surface area contributed by atoms with Gasteiger partial charge in [0.25, 0.3) is 0 Å². The minimum absolute atomic E-state index is 0.0854. The normalized spacial score (nSPS) is 13.0. The zero-order valence-electron chi connectivity index (χ0n) is 16.1. The number of aryl methyl sites for hydroxylation is 1. The van der Waals surface area contributed by atoms with Gasteiger partial charge in [-0.25, -0.2) is 0 Å². The highest BCUT2D eigenvalue weighted by molar-refractivity contribution is 5.81.